The molecule has 0 fully saturated rings. The first-order valence-electron chi connectivity index (χ1n) is 4.27. The molecule has 0 radical (unpaired) electrons. The molecule has 1 aromatic heterocycles. The summed E-state index contributed by atoms with van der Waals surface area (Å²) in [5, 5.41) is 8.40. The molecule has 0 atom stereocenters. The molecule has 0 saturated carbocycles. The summed E-state index contributed by atoms with van der Waals surface area (Å²) >= 11 is 0. The van der Waals surface area contributed by atoms with Crippen LogP contribution in [0.15, 0.2) is 18.3 Å². The van der Waals surface area contributed by atoms with Crippen LogP contribution >= 0.6 is 0 Å². The predicted octanol–water partition coefficient (Wildman–Crippen LogP) is 1.24. The van der Waals surface area contributed by atoms with Gasteiger partial charge in [-0.1, -0.05) is 0 Å². The minimum absolute atomic E-state index is 0.466. The molecule has 4 heteroatoms. The van der Waals surface area contributed by atoms with Crippen molar-refractivity contribution in [3.8, 4) is 6.07 Å². The van der Waals surface area contributed by atoms with Crippen LogP contribution < -0.4 is 4.90 Å². The number of carbonyl (C=O) groups is 1. The van der Waals surface area contributed by atoms with Crippen molar-refractivity contribution in [1.82, 2.24) is 4.98 Å². The van der Waals surface area contributed by atoms with Gasteiger partial charge in [0.25, 0.3) is 0 Å². The van der Waals surface area contributed by atoms with Crippen LogP contribution in [0.5, 0.6) is 0 Å². The molecule has 0 aliphatic heterocycles. The Hall–Kier alpha value is -1.89. The molecule has 0 unspecified atom stereocenters. The number of aldehydes is 1. The summed E-state index contributed by atoms with van der Waals surface area (Å²) in [4.78, 5) is 16.3. The largest absolute Gasteiger partial charge is 0.359 e. The van der Waals surface area contributed by atoms with Crippen molar-refractivity contribution in [3.05, 3.63) is 23.9 Å². The summed E-state index contributed by atoms with van der Waals surface area (Å²) < 4.78 is 0. The van der Waals surface area contributed by atoms with Crippen LogP contribution in [0.25, 0.3) is 0 Å². The summed E-state index contributed by atoms with van der Waals surface area (Å²) in [6.07, 6.45) is 2.74. The van der Waals surface area contributed by atoms with Gasteiger partial charge in [-0.05, 0) is 12.1 Å². The lowest BCUT2D eigenvalue weighted by molar-refractivity contribution is 0.112. The maximum Gasteiger partial charge on any atom is 0.151 e. The molecule has 0 N–H and O–H groups in total. The predicted molar refractivity (Wildman–Crippen MR) is 53.1 cm³/mol. The van der Waals surface area contributed by atoms with Crippen molar-refractivity contribution in [2.45, 2.75) is 6.42 Å². The Kier molecular flexibility index (Phi) is 3.62. The normalized spacial score (nSPS) is 9.14. The van der Waals surface area contributed by atoms with Crippen molar-refractivity contribution in [3.63, 3.8) is 0 Å². The fourth-order valence-electron chi connectivity index (χ4n) is 1.03. The van der Waals surface area contributed by atoms with Crippen LogP contribution in [0.2, 0.25) is 0 Å². The Morgan fingerprint density at radius 3 is 2.93 bits per heavy atom. The van der Waals surface area contributed by atoms with Gasteiger partial charge in [-0.2, -0.15) is 5.26 Å². The topological polar surface area (TPSA) is 57.0 Å². The number of hydrogen-bond donors (Lipinski definition) is 0. The molecule has 14 heavy (non-hydrogen) atoms. The summed E-state index contributed by atoms with van der Waals surface area (Å²) in [6, 6.07) is 5.54. The highest BCUT2D eigenvalue weighted by Gasteiger charge is 2.00. The van der Waals surface area contributed by atoms with E-state index in [1.165, 1.54) is 6.20 Å². The van der Waals surface area contributed by atoms with Crippen LogP contribution in [0.4, 0.5) is 5.82 Å². The highest BCUT2D eigenvalue weighted by Crippen LogP contribution is 2.08. The number of pyridine rings is 1. The van der Waals surface area contributed by atoms with Crippen molar-refractivity contribution in [2.75, 3.05) is 18.5 Å². The standard InChI is InChI=1S/C10H11N3O/c1-13(6-2-5-11)10-4-3-9(8-14)7-12-10/h3-4,7-8H,2,6H2,1H3. The lowest BCUT2D eigenvalue weighted by Gasteiger charge is -2.15. The number of nitrogens with zero attached hydrogens (tertiary/aromatic N) is 3. The number of carbonyl (C=O) groups excluding carboxylic acids is 1. The van der Waals surface area contributed by atoms with E-state index in [0.717, 1.165) is 12.1 Å². The van der Waals surface area contributed by atoms with E-state index in [-0.39, 0.29) is 0 Å². The molecule has 0 spiro atoms. The molecule has 0 saturated heterocycles. The quantitative estimate of drug-likeness (QED) is 0.669. The second-order valence-electron chi connectivity index (χ2n) is 2.90. The van der Waals surface area contributed by atoms with Gasteiger partial charge >= 0.3 is 0 Å². The van der Waals surface area contributed by atoms with Gasteiger partial charge in [0.15, 0.2) is 6.29 Å². The van der Waals surface area contributed by atoms with E-state index < -0.39 is 0 Å². The zero-order chi connectivity index (χ0) is 10.4. The molecule has 0 aromatic carbocycles. The second-order valence-corrected chi connectivity index (χ2v) is 2.90. The third-order valence-electron chi connectivity index (χ3n) is 1.86. The lowest BCUT2D eigenvalue weighted by atomic mass is 10.3. The Labute approximate surface area is 82.8 Å². The van der Waals surface area contributed by atoms with E-state index >= 15 is 0 Å². The molecular formula is C10H11N3O. The average molecular weight is 189 g/mol. The molecule has 1 rings (SSSR count). The van der Waals surface area contributed by atoms with Gasteiger partial charge in [0.1, 0.15) is 5.82 Å². The summed E-state index contributed by atoms with van der Waals surface area (Å²) in [5.41, 5.74) is 0.558. The van der Waals surface area contributed by atoms with Crippen molar-refractivity contribution in [1.29, 1.82) is 5.26 Å². The Morgan fingerprint density at radius 1 is 1.64 bits per heavy atom. The fraction of sp³-hybridized carbons (Fsp3) is 0.300. The van der Waals surface area contributed by atoms with E-state index in [1.54, 1.807) is 12.1 Å². The van der Waals surface area contributed by atoms with Crippen molar-refractivity contribution >= 4 is 12.1 Å². The number of anilines is 1. The number of nitriles is 1. The third kappa shape index (κ3) is 2.56. The molecule has 0 aliphatic rings. The Bertz CT molecular complexity index is 339. The molecule has 1 heterocycles. The molecule has 0 amide bonds. The zero-order valence-corrected chi connectivity index (χ0v) is 7.97. The summed E-state index contributed by atoms with van der Waals surface area (Å²) in [7, 11) is 1.86. The highest BCUT2D eigenvalue weighted by atomic mass is 16.1. The SMILES string of the molecule is CN(CCC#N)c1ccc(C=O)cn1. The van der Waals surface area contributed by atoms with Gasteiger partial charge in [-0.15, -0.1) is 0 Å². The molecule has 4 nitrogen and oxygen atoms in total. The lowest BCUT2D eigenvalue weighted by Crippen LogP contribution is -2.19. The van der Waals surface area contributed by atoms with Crippen LogP contribution in [-0.2, 0) is 0 Å². The maximum absolute atomic E-state index is 10.4. The first kappa shape index (κ1) is 10.2. The number of rotatable bonds is 4. The molecule has 0 aliphatic carbocycles. The number of aromatic nitrogens is 1. The first-order valence-corrected chi connectivity index (χ1v) is 4.27. The van der Waals surface area contributed by atoms with Gasteiger partial charge in [-0.3, -0.25) is 4.79 Å². The average Bonchev–Trinajstić information content (AvgIpc) is 2.26. The second kappa shape index (κ2) is 4.97. The molecule has 1 aromatic rings. The monoisotopic (exact) mass is 189 g/mol. The van der Waals surface area contributed by atoms with Crippen molar-refractivity contribution < 1.29 is 4.79 Å². The summed E-state index contributed by atoms with van der Waals surface area (Å²) in [5.74, 6) is 0.769. The van der Waals surface area contributed by atoms with Gasteiger partial charge in [-0.25, -0.2) is 4.98 Å². The molecular weight excluding hydrogens is 178 g/mol. The maximum atomic E-state index is 10.4. The van der Waals surface area contributed by atoms with Crippen molar-refractivity contribution in [2.24, 2.45) is 0 Å². The Balaban J connectivity index is 2.67. The molecule has 0 bridgehead atoms. The van der Waals surface area contributed by atoms with Crippen LogP contribution in [0.3, 0.4) is 0 Å². The van der Waals surface area contributed by atoms with Gasteiger partial charge in [0, 0.05) is 25.4 Å². The summed E-state index contributed by atoms with van der Waals surface area (Å²) in [6.45, 7) is 0.643. The van der Waals surface area contributed by atoms with Gasteiger partial charge in [0.05, 0.1) is 12.5 Å². The van der Waals surface area contributed by atoms with E-state index in [2.05, 4.69) is 11.1 Å². The van der Waals surface area contributed by atoms with E-state index in [4.69, 9.17) is 5.26 Å². The van der Waals surface area contributed by atoms with E-state index in [9.17, 15) is 4.79 Å². The molecule has 72 valence electrons. The van der Waals surface area contributed by atoms with E-state index in [0.29, 0.717) is 18.5 Å². The highest BCUT2D eigenvalue weighted by molar-refractivity contribution is 5.74. The smallest absolute Gasteiger partial charge is 0.151 e. The van der Waals surface area contributed by atoms with Crippen LogP contribution in [0, 0.1) is 11.3 Å². The van der Waals surface area contributed by atoms with Crippen LogP contribution in [0.1, 0.15) is 16.8 Å². The Morgan fingerprint density at radius 2 is 2.43 bits per heavy atom. The first-order chi connectivity index (χ1) is 6.77. The minimum atomic E-state index is 0.466. The van der Waals surface area contributed by atoms with Gasteiger partial charge < -0.3 is 4.90 Å². The van der Waals surface area contributed by atoms with Crippen LogP contribution in [-0.4, -0.2) is 24.9 Å². The zero-order valence-electron chi connectivity index (χ0n) is 7.97. The number of hydrogen-bond acceptors (Lipinski definition) is 4. The minimum Gasteiger partial charge on any atom is -0.359 e. The van der Waals surface area contributed by atoms with Gasteiger partial charge in [0.2, 0.25) is 0 Å². The fourth-order valence-corrected chi connectivity index (χ4v) is 1.03. The third-order valence-corrected chi connectivity index (χ3v) is 1.86. The van der Waals surface area contributed by atoms with E-state index in [1.807, 2.05) is 11.9 Å².